The molecule has 0 bridgehead atoms. The standard InChI is InChI=1S/C16H13N5O2S/c17-8-12-14(20-16-21(12)5-6-24-16)19-15(23)10-7-13(22)18-11-4-2-1-3-9(10)11/h1-4,10H,5-7H2,(H,18,22)(H,19,23). The minimum atomic E-state index is -0.592. The predicted octanol–water partition coefficient (Wildman–Crippen LogP) is 1.92. The molecule has 24 heavy (non-hydrogen) atoms. The van der Waals surface area contributed by atoms with E-state index >= 15 is 0 Å². The number of benzene rings is 1. The first kappa shape index (κ1) is 14.8. The van der Waals surface area contributed by atoms with Crippen LogP contribution in [0.15, 0.2) is 29.4 Å². The van der Waals surface area contributed by atoms with Crippen LogP contribution in [0.5, 0.6) is 0 Å². The van der Waals surface area contributed by atoms with E-state index in [-0.39, 0.29) is 24.1 Å². The van der Waals surface area contributed by atoms with Gasteiger partial charge in [-0.2, -0.15) is 5.26 Å². The second kappa shape index (κ2) is 5.69. The molecule has 0 fully saturated rings. The fraction of sp³-hybridized carbons (Fsp3) is 0.250. The number of nitrogens with zero attached hydrogens (tertiary/aromatic N) is 3. The van der Waals surface area contributed by atoms with Gasteiger partial charge in [0.1, 0.15) is 6.07 Å². The maximum atomic E-state index is 12.7. The first-order valence-corrected chi connectivity index (χ1v) is 8.49. The molecule has 3 heterocycles. The van der Waals surface area contributed by atoms with Crippen molar-refractivity contribution in [3.8, 4) is 6.07 Å². The third kappa shape index (κ3) is 2.34. The van der Waals surface area contributed by atoms with Crippen molar-refractivity contribution in [2.45, 2.75) is 24.0 Å². The van der Waals surface area contributed by atoms with Gasteiger partial charge in [-0.05, 0) is 11.6 Å². The summed E-state index contributed by atoms with van der Waals surface area (Å²) in [5.74, 6) is 0.0354. The van der Waals surface area contributed by atoms with Crippen LogP contribution in [-0.4, -0.2) is 27.1 Å². The Labute approximate surface area is 142 Å². The molecule has 0 aliphatic carbocycles. The highest BCUT2D eigenvalue weighted by molar-refractivity contribution is 7.99. The molecule has 2 amide bonds. The van der Waals surface area contributed by atoms with Crippen molar-refractivity contribution in [2.75, 3.05) is 16.4 Å². The fourth-order valence-corrected chi connectivity index (χ4v) is 3.98. The number of amides is 2. The van der Waals surface area contributed by atoms with E-state index in [1.807, 2.05) is 22.8 Å². The third-order valence-corrected chi connectivity index (χ3v) is 5.10. The van der Waals surface area contributed by atoms with Crippen LogP contribution in [0.25, 0.3) is 0 Å². The van der Waals surface area contributed by atoms with Crippen LogP contribution < -0.4 is 10.6 Å². The number of anilines is 2. The van der Waals surface area contributed by atoms with E-state index in [1.54, 1.807) is 17.8 Å². The molecule has 0 radical (unpaired) electrons. The molecule has 0 saturated heterocycles. The quantitative estimate of drug-likeness (QED) is 0.871. The third-order valence-electron chi connectivity index (χ3n) is 4.14. The highest BCUT2D eigenvalue weighted by Crippen LogP contribution is 2.34. The SMILES string of the molecule is N#Cc1c(NC(=O)C2CC(=O)Nc3ccccc32)nc2n1CCS2. The molecular weight excluding hydrogens is 326 g/mol. The van der Waals surface area contributed by atoms with E-state index in [4.69, 9.17) is 0 Å². The Balaban J connectivity index is 1.64. The van der Waals surface area contributed by atoms with Crippen LogP contribution >= 0.6 is 11.8 Å². The monoisotopic (exact) mass is 339 g/mol. The molecule has 1 aromatic heterocycles. The van der Waals surface area contributed by atoms with E-state index in [0.29, 0.717) is 17.9 Å². The van der Waals surface area contributed by atoms with Crippen LogP contribution in [0.4, 0.5) is 11.5 Å². The van der Waals surface area contributed by atoms with Crippen molar-refractivity contribution < 1.29 is 9.59 Å². The summed E-state index contributed by atoms with van der Waals surface area (Å²) in [5.41, 5.74) is 1.78. The van der Waals surface area contributed by atoms with Gasteiger partial charge in [-0.1, -0.05) is 30.0 Å². The van der Waals surface area contributed by atoms with E-state index < -0.39 is 5.92 Å². The maximum Gasteiger partial charge on any atom is 0.233 e. The Hall–Kier alpha value is -2.79. The largest absolute Gasteiger partial charge is 0.326 e. The average molecular weight is 339 g/mol. The number of nitrogens with one attached hydrogen (secondary N) is 2. The van der Waals surface area contributed by atoms with Crippen molar-refractivity contribution >= 4 is 35.1 Å². The van der Waals surface area contributed by atoms with Crippen LogP contribution in [0.2, 0.25) is 0 Å². The Kier molecular flexibility index (Phi) is 3.50. The Morgan fingerprint density at radius 1 is 1.46 bits per heavy atom. The molecule has 7 nitrogen and oxygen atoms in total. The highest BCUT2D eigenvalue weighted by atomic mass is 32.2. The van der Waals surface area contributed by atoms with Gasteiger partial charge in [0.05, 0.1) is 5.92 Å². The lowest BCUT2D eigenvalue weighted by Crippen LogP contribution is -2.31. The normalized spacial score (nSPS) is 18.3. The van der Waals surface area contributed by atoms with Crippen LogP contribution in [0.1, 0.15) is 23.6 Å². The van der Waals surface area contributed by atoms with Crippen molar-refractivity contribution in [3.05, 3.63) is 35.5 Å². The van der Waals surface area contributed by atoms with E-state index in [9.17, 15) is 14.9 Å². The molecule has 1 atom stereocenters. The zero-order chi connectivity index (χ0) is 16.7. The number of thioether (sulfide) groups is 1. The molecule has 2 N–H and O–H groups in total. The Bertz CT molecular complexity index is 898. The number of para-hydroxylation sites is 1. The van der Waals surface area contributed by atoms with E-state index in [2.05, 4.69) is 21.7 Å². The molecule has 1 aromatic carbocycles. The molecule has 1 unspecified atom stereocenters. The van der Waals surface area contributed by atoms with Gasteiger partial charge in [0.15, 0.2) is 16.7 Å². The zero-order valence-corrected chi connectivity index (χ0v) is 13.4. The predicted molar refractivity (Wildman–Crippen MR) is 88.7 cm³/mol. The van der Waals surface area contributed by atoms with Gasteiger partial charge >= 0.3 is 0 Å². The van der Waals surface area contributed by atoms with Crippen molar-refractivity contribution in [2.24, 2.45) is 0 Å². The molecule has 2 aromatic rings. The molecule has 4 rings (SSSR count). The van der Waals surface area contributed by atoms with Crippen LogP contribution in [0.3, 0.4) is 0 Å². The van der Waals surface area contributed by atoms with E-state index in [1.165, 1.54) is 0 Å². The number of rotatable bonds is 2. The second-order valence-electron chi connectivity index (χ2n) is 5.58. The van der Waals surface area contributed by atoms with Crippen LogP contribution in [0, 0.1) is 11.3 Å². The number of aromatic nitrogens is 2. The van der Waals surface area contributed by atoms with Crippen molar-refractivity contribution in [1.82, 2.24) is 9.55 Å². The molecule has 0 spiro atoms. The number of hydrogen-bond donors (Lipinski definition) is 2. The van der Waals surface area contributed by atoms with Gasteiger partial charge < -0.3 is 15.2 Å². The smallest absolute Gasteiger partial charge is 0.233 e. The van der Waals surface area contributed by atoms with Gasteiger partial charge in [-0.3, -0.25) is 9.59 Å². The fourth-order valence-electron chi connectivity index (χ4n) is 3.03. The lowest BCUT2D eigenvalue weighted by molar-refractivity contribution is -0.123. The summed E-state index contributed by atoms with van der Waals surface area (Å²) in [6.45, 7) is 0.709. The Morgan fingerprint density at radius 3 is 3.12 bits per heavy atom. The number of nitriles is 1. The minimum absolute atomic E-state index is 0.0764. The molecule has 2 aliphatic heterocycles. The topological polar surface area (TPSA) is 99.8 Å². The molecule has 8 heteroatoms. The van der Waals surface area contributed by atoms with Crippen molar-refractivity contribution in [3.63, 3.8) is 0 Å². The van der Waals surface area contributed by atoms with Crippen molar-refractivity contribution in [1.29, 1.82) is 5.26 Å². The average Bonchev–Trinajstić information content (AvgIpc) is 3.14. The number of fused-ring (bicyclic) bond motifs is 2. The summed E-state index contributed by atoms with van der Waals surface area (Å²) in [6.07, 6.45) is 0.0764. The maximum absolute atomic E-state index is 12.7. The summed E-state index contributed by atoms with van der Waals surface area (Å²) in [5, 5.41) is 15.6. The molecule has 0 saturated carbocycles. The lowest BCUT2D eigenvalue weighted by Gasteiger charge is -2.24. The highest BCUT2D eigenvalue weighted by Gasteiger charge is 2.32. The van der Waals surface area contributed by atoms with E-state index in [0.717, 1.165) is 16.5 Å². The number of hydrogen-bond acceptors (Lipinski definition) is 5. The molecule has 2 aliphatic rings. The van der Waals surface area contributed by atoms with Gasteiger partial charge in [0.2, 0.25) is 11.8 Å². The van der Waals surface area contributed by atoms with Gasteiger partial charge in [0, 0.05) is 24.4 Å². The zero-order valence-electron chi connectivity index (χ0n) is 12.6. The number of imidazole rings is 1. The van der Waals surface area contributed by atoms with Gasteiger partial charge in [-0.15, -0.1) is 0 Å². The number of carbonyl (C=O) groups is 2. The number of carbonyl (C=O) groups excluding carboxylic acids is 2. The van der Waals surface area contributed by atoms with Crippen LogP contribution in [-0.2, 0) is 16.1 Å². The lowest BCUT2D eigenvalue weighted by atomic mass is 9.90. The first-order chi connectivity index (χ1) is 11.7. The summed E-state index contributed by atoms with van der Waals surface area (Å²) >= 11 is 1.56. The second-order valence-corrected chi connectivity index (χ2v) is 6.65. The summed E-state index contributed by atoms with van der Waals surface area (Å²) in [7, 11) is 0. The van der Waals surface area contributed by atoms with Gasteiger partial charge in [-0.25, -0.2) is 4.98 Å². The molecule has 120 valence electrons. The van der Waals surface area contributed by atoms with Gasteiger partial charge in [0.25, 0.3) is 0 Å². The minimum Gasteiger partial charge on any atom is -0.326 e. The summed E-state index contributed by atoms with van der Waals surface area (Å²) in [6, 6.07) is 9.35. The Morgan fingerprint density at radius 2 is 2.29 bits per heavy atom. The molecular formula is C16H13N5O2S. The summed E-state index contributed by atoms with van der Waals surface area (Å²) < 4.78 is 1.81. The first-order valence-electron chi connectivity index (χ1n) is 7.50. The summed E-state index contributed by atoms with van der Waals surface area (Å²) in [4.78, 5) is 28.9.